The maximum atomic E-state index is 9.29. The van der Waals surface area contributed by atoms with Gasteiger partial charge >= 0.3 is 0 Å². The molecule has 1 saturated heterocycles. The molecule has 0 amide bonds. The molecule has 1 heterocycles. The first-order valence-electron chi connectivity index (χ1n) is 8.13. The van der Waals surface area contributed by atoms with Crippen LogP contribution >= 0.6 is 0 Å². The second-order valence-corrected chi connectivity index (χ2v) is 6.03. The van der Waals surface area contributed by atoms with Gasteiger partial charge in [0.05, 0.1) is 18.8 Å². The number of nitrogens with one attached hydrogen (secondary N) is 1. The van der Waals surface area contributed by atoms with Gasteiger partial charge in [0.25, 0.3) is 0 Å². The molecule has 2 atom stereocenters. The molecule has 0 bridgehead atoms. The first-order chi connectivity index (χ1) is 9.63. The van der Waals surface area contributed by atoms with Crippen LogP contribution in [0.1, 0.15) is 52.9 Å². The van der Waals surface area contributed by atoms with Gasteiger partial charge < -0.3 is 4.74 Å². The molecule has 0 radical (unpaired) electrons. The molecule has 0 saturated carbocycles. The van der Waals surface area contributed by atoms with Crippen LogP contribution in [0.15, 0.2) is 0 Å². The molecule has 1 N–H and O–H groups in total. The van der Waals surface area contributed by atoms with Crippen LogP contribution in [0.4, 0.5) is 0 Å². The molecular formula is C16H31N3O. The highest BCUT2D eigenvalue weighted by Crippen LogP contribution is 2.14. The van der Waals surface area contributed by atoms with E-state index in [4.69, 9.17) is 4.74 Å². The zero-order valence-electron chi connectivity index (χ0n) is 13.5. The van der Waals surface area contributed by atoms with E-state index in [0.29, 0.717) is 6.10 Å². The number of morpholine rings is 1. The first kappa shape index (κ1) is 17.4. The Labute approximate surface area is 124 Å². The lowest BCUT2D eigenvalue weighted by Gasteiger charge is -2.32. The van der Waals surface area contributed by atoms with Crippen LogP contribution in [0.5, 0.6) is 0 Å². The molecule has 0 aliphatic carbocycles. The van der Waals surface area contributed by atoms with Crippen LogP contribution in [0.3, 0.4) is 0 Å². The first-order valence-corrected chi connectivity index (χ1v) is 8.13. The van der Waals surface area contributed by atoms with Gasteiger partial charge in [-0.3, -0.25) is 10.2 Å². The van der Waals surface area contributed by atoms with E-state index in [1.165, 1.54) is 6.42 Å². The van der Waals surface area contributed by atoms with Crippen molar-refractivity contribution in [2.45, 2.75) is 64.5 Å². The smallest absolute Gasteiger partial charge is 0.103 e. The summed E-state index contributed by atoms with van der Waals surface area (Å²) in [5, 5.41) is 12.6. The van der Waals surface area contributed by atoms with Gasteiger partial charge in [-0.05, 0) is 52.1 Å². The van der Waals surface area contributed by atoms with Gasteiger partial charge in [-0.1, -0.05) is 13.8 Å². The van der Waals surface area contributed by atoms with E-state index in [1.807, 2.05) is 6.92 Å². The molecule has 1 aliphatic rings. The third-order valence-corrected chi connectivity index (χ3v) is 4.09. The lowest BCUT2D eigenvalue weighted by atomic mass is 9.96. The summed E-state index contributed by atoms with van der Waals surface area (Å²) < 4.78 is 5.68. The van der Waals surface area contributed by atoms with Crippen LogP contribution < -0.4 is 5.32 Å². The molecule has 0 aromatic rings. The minimum Gasteiger partial charge on any atom is -0.376 e. The summed E-state index contributed by atoms with van der Waals surface area (Å²) in [5.74, 6) is 0. The molecule has 0 spiro atoms. The van der Waals surface area contributed by atoms with E-state index >= 15 is 0 Å². The van der Waals surface area contributed by atoms with E-state index in [9.17, 15) is 5.26 Å². The Hall–Kier alpha value is -0.630. The third kappa shape index (κ3) is 6.21. The van der Waals surface area contributed by atoms with E-state index in [0.717, 1.165) is 58.5 Å². The van der Waals surface area contributed by atoms with Crippen molar-refractivity contribution < 1.29 is 4.74 Å². The van der Waals surface area contributed by atoms with Gasteiger partial charge in [0.1, 0.15) is 5.54 Å². The summed E-state index contributed by atoms with van der Waals surface area (Å²) in [4.78, 5) is 2.50. The molecule has 116 valence electrons. The summed E-state index contributed by atoms with van der Waals surface area (Å²) in [6.07, 6.45) is 5.80. The highest BCUT2D eigenvalue weighted by atomic mass is 16.5. The second-order valence-electron chi connectivity index (χ2n) is 6.03. The fourth-order valence-electron chi connectivity index (χ4n) is 2.63. The average molecular weight is 281 g/mol. The summed E-state index contributed by atoms with van der Waals surface area (Å²) >= 11 is 0. The maximum Gasteiger partial charge on any atom is 0.103 e. The third-order valence-electron chi connectivity index (χ3n) is 4.09. The number of hydrogen-bond acceptors (Lipinski definition) is 4. The Morgan fingerprint density at radius 1 is 1.40 bits per heavy atom. The molecule has 20 heavy (non-hydrogen) atoms. The lowest BCUT2D eigenvalue weighted by molar-refractivity contribution is -0.0300. The van der Waals surface area contributed by atoms with Gasteiger partial charge in [0.15, 0.2) is 0 Å². The van der Waals surface area contributed by atoms with Gasteiger partial charge in [0, 0.05) is 13.1 Å². The Kier molecular flexibility index (Phi) is 8.13. The number of ether oxygens (including phenoxy) is 1. The predicted molar refractivity (Wildman–Crippen MR) is 82.6 cm³/mol. The fraction of sp³-hybridized carbons (Fsp3) is 0.938. The van der Waals surface area contributed by atoms with E-state index < -0.39 is 0 Å². The molecule has 1 fully saturated rings. The van der Waals surface area contributed by atoms with Gasteiger partial charge in [0.2, 0.25) is 0 Å². The SMILES string of the molecule is CCCNC(C)(C#N)CCCCN1CCOC(CC)C1. The van der Waals surface area contributed by atoms with Crippen molar-refractivity contribution >= 4 is 0 Å². The lowest BCUT2D eigenvalue weighted by Crippen LogP contribution is -2.43. The molecule has 4 nitrogen and oxygen atoms in total. The maximum absolute atomic E-state index is 9.29. The highest BCUT2D eigenvalue weighted by molar-refractivity contribution is 5.03. The van der Waals surface area contributed by atoms with Crippen LogP contribution in [0.2, 0.25) is 0 Å². The molecule has 0 aromatic carbocycles. The van der Waals surface area contributed by atoms with Crippen molar-refractivity contribution in [2.24, 2.45) is 0 Å². The zero-order chi connectivity index (χ0) is 14.8. The van der Waals surface area contributed by atoms with Crippen molar-refractivity contribution in [1.82, 2.24) is 10.2 Å². The van der Waals surface area contributed by atoms with E-state index in [2.05, 4.69) is 30.1 Å². The van der Waals surface area contributed by atoms with Crippen molar-refractivity contribution in [3.05, 3.63) is 0 Å². The monoisotopic (exact) mass is 281 g/mol. The van der Waals surface area contributed by atoms with Gasteiger partial charge in [-0.25, -0.2) is 0 Å². The van der Waals surface area contributed by atoms with Gasteiger partial charge in [-0.15, -0.1) is 0 Å². The van der Waals surface area contributed by atoms with Crippen molar-refractivity contribution in [3.8, 4) is 6.07 Å². The fourth-order valence-corrected chi connectivity index (χ4v) is 2.63. The Morgan fingerprint density at radius 3 is 2.85 bits per heavy atom. The van der Waals surface area contributed by atoms with Crippen molar-refractivity contribution in [2.75, 3.05) is 32.8 Å². The minimum absolute atomic E-state index is 0.354. The standard InChI is InChI=1S/C16H31N3O/c1-4-9-18-16(3,14-17)8-6-7-10-19-11-12-20-15(5-2)13-19/h15,18H,4-13H2,1-3H3. The normalized spacial score (nSPS) is 23.2. The van der Waals surface area contributed by atoms with E-state index in [-0.39, 0.29) is 5.54 Å². The van der Waals surface area contributed by atoms with Crippen LogP contribution in [0, 0.1) is 11.3 Å². The Morgan fingerprint density at radius 2 is 2.20 bits per heavy atom. The van der Waals surface area contributed by atoms with Crippen molar-refractivity contribution in [3.63, 3.8) is 0 Å². The molecular weight excluding hydrogens is 250 g/mol. The highest BCUT2D eigenvalue weighted by Gasteiger charge is 2.22. The average Bonchev–Trinajstić information content (AvgIpc) is 2.50. The molecule has 4 heteroatoms. The van der Waals surface area contributed by atoms with Crippen LogP contribution in [0.25, 0.3) is 0 Å². The quantitative estimate of drug-likeness (QED) is 0.660. The number of nitriles is 1. The second kappa shape index (κ2) is 9.33. The zero-order valence-corrected chi connectivity index (χ0v) is 13.5. The van der Waals surface area contributed by atoms with Crippen LogP contribution in [-0.4, -0.2) is 49.3 Å². The topological polar surface area (TPSA) is 48.3 Å². The summed E-state index contributed by atoms with van der Waals surface area (Å²) in [6, 6.07) is 2.42. The number of unbranched alkanes of at least 4 members (excludes halogenated alkanes) is 1. The van der Waals surface area contributed by atoms with Crippen LogP contribution in [-0.2, 0) is 4.74 Å². The minimum atomic E-state index is -0.354. The molecule has 1 rings (SSSR count). The van der Waals surface area contributed by atoms with Crippen molar-refractivity contribution in [1.29, 1.82) is 5.26 Å². The number of rotatable bonds is 9. The largest absolute Gasteiger partial charge is 0.376 e. The predicted octanol–water partition coefficient (Wildman–Crippen LogP) is 2.55. The number of nitrogens with zero attached hydrogens (tertiary/aromatic N) is 2. The van der Waals surface area contributed by atoms with E-state index in [1.54, 1.807) is 0 Å². The summed E-state index contributed by atoms with van der Waals surface area (Å²) in [7, 11) is 0. The summed E-state index contributed by atoms with van der Waals surface area (Å²) in [5.41, 5.74) is -0.354. The number of hydrogen-bond donors (Lipinski definition) is 1. The summed E-state index contributed by atoms with van der Waals surface area (Å²) in [6.45, 7) is 11.4. The molecule has 1 aliphatic heterocycles. The Bertz CT molecular complexity index is 303. The molecule has 2 unspecified atom stereocenters. The Balaban J connectivity index is 2.18. The van der Waals surface area contributed by atoms with Gasteiger partial charge in [-0.2, -0.15) is 5.26 Å². The molecule has 0 aromatic heterocycles.